The zero-order chi connectivity index (χ0) is 14.1. The molecule has 0 aliphatic carbocycles. The summed E-state index contributed by atoms with van der Waals surface area (Å²) in [6, 6.07) is 7.82. The summed E-state index contributed by atoms with van der Waals surface area (Å²) >= 11 is 6.02. The zero-order valence-corrected chi connectivity index (χ0v) is 12.2. The van der Waals surface area contributed by atoms with Crippen molar-refractivity contribution in [3.8, 4) is 0 Å². The number of benzene rings is 1. The molecule has 0 N–H and O–H groups in total. The molecule has 1 aromatic carbocycles. The van der Waals surface area contributed by atoms with Crippen LogP contribution in [-0.4, -0.2) is 21.8 Å². The van der Waals surface area contributed by atoms with Crippen molar-refractivity contribution in [1.82, 2.24) is 14.8 Å². The summed E-state index contributed by atoms with van der Waals surface area (Å²) in [5.74, 6) is 0. The van der Waals surface area contributed by atoms with E-state index in [0.717, 1.165) is 23.1 Å². The summed E-state index contributed by atoms with van der Waals surface area (Å²) in [5.41, 5.74) is 3.22. The van der Waals surface area contributed by atoms with Crippen molar-refractivity contribution < 1.29 is 0 Å². The van der Waals surface area contributed by atoms with Gasteiger partial charge in [0, 0.05) is 54.7 Å². The van der Waals surface area contributed by atoms with E-state index < -0.39 is 0 Å². The van der Waals surface area contributed by atoms with Gasteiger partial charge in [0.25, 0.3) is 0 Å². The van der Waals surface area contributed by atoms with Crippen LogP contribution < -0.4 is 4.90 Å². The number of halogens is 1. The Balaban J connectivity index is 1.96. The molecule has 4 nitrogen and oxygen atoms in total. The number of anilines is 1. The van der Waals surface area contributed by atoms with E-state index in [1.807, 2.05) is 54.6 Å². The fourth-order valence-corrected chi connectivity index (χ4v) is 2.52. The molecule has 2 aromatic heterocycles. The number of aryl methyl sites for hydroxylation is 1. The first-order valence-corrected chi connectivity index (χ1v) is 6.74. The summed E-state index contributed by atoms with van der Waals surface area (Å²) in [7, 11) is 3.99. The standard InChI is InChI=1S/C15H15ClN4/c1-19(9-11-8-18-20(2)10-11)15-5-6-17-14-7-12(16)3-4-13(14)15/h3-8,10H,9H2,1-2H3. The molecule has 102 valence electrons. The molecule has 0 radical (unpaired) electrons. The van der Waals surface area contributed by atoms with Gasteiger partial charge < -0.3 is 4.90 Å². The second-order valence-electron chi connectivity index (χ2n) is 4.87. The van der Waals surface area contributed by atoms with Gasteiger partial charge in [-0.3, -0.25) is 9.67 Å². The van der Waals surface area contributed by atoms with Crippen LogP contribution in [-0.2, 0) is 13.6 Å². The highest BCUT2D eigenvalue weighted by Crippen LogP contribution is 2.27. The van der Waals surface area contributed by atoms with E-state index in [2.05, 4.69) is 22.0 Å². The Morgan fingerprint density at radius 2 is 2.15 bits per heavy atom. The smallest absolute Gasteiger partial charge is 0.0737 e. The van der Waals surface area contributed by atoms with Crippen LogP contribution in [0.15, 0.2) is 42.9 Å². The van der Waals surface area contributed by atoms with Crippen LogP contribution in [0, 0.1) is 0 Å². The van der Waals surface area contributed by atoms with Gasteiger partial charge in [-0.1, -0.05) is 11.6 Å². The van der Waals surface area contributed by atoms with Crippen LogP contribution in [0.4, 0.5) is 5.69 Å². The van der Waals surface area contributed by atoms with Gasteiger partial charge >= 0.3 is 0 Å². The van der Waals surface area contributed by atoms with Gasteiger partial charge in [0.1, 0.15) is 0 Å². The Hall–Kier alpha value is -2.07. The molecule has 5 heteroatoms. The lowest BCUT2D eigenvalue weighted by atomic mass is 10.1. The Morgan fingerprint density at radius 1 is 1.30 bits per heavy atom. The summed E-state index contributed by atoms with van der Waals surface area (Å²) in [6.07, 6.45) is 5.72. The number of pyridine rings is 1. The minimum Gasteiger partial charge on any atom is -0.370 e. The number of hydrogen-bond acceptors (Lipinski definition) is 3. The monoisotopic (exact) mass is 286 g/mol. The molecule has 2 heterocycles. The second kappa shape index (κ2) is 5.13. The van der Waals surface area contributed by atoms with Crippen molar-refractivity contribution >= 4 is 28.2 Å². The first kappa shape index (κ1) is 12.9. The first-order valence-electron chi connectivity index (χ1n) is 6.36. The Labute approximate surface area is 122 Å². The topological polar surface area (TPSA) is 34.0 Å². The van der Waals surface area contributed by atoms with Gasteiger partial charge in [-0.05, 0) is 24.3 Å². The van der Waals surface area contributed by atoms with E-state index in [-0.39, 0.29) is 0 Å². The summed E-state index contributed by atoms with van der Waals surface area (Å²) in [5, 5.41) is 6.00. The molecular weight excluding hydrogens is 272 g/mol. The highest BCUT2D eigenvalue weighted by atomic mass is 35.5. The molecule has 0 spiro atoms. The van der Waals surface area contributed by atoms with Crippen LogP contribution in [0.5, 0.6) is 0 Å². The molecule has 0 amide bonds. The molecule has 20 heavy (non-hydrogen) atoms. The molecule has 3 rings (SSSR count). The molecular formula is C15H15ClN4. The van der Waals surface area contributed by atoms with Crippen LogP contribution >= 0.6 is 11.6 Å². The maximum absolute atomic E-state index is 6.02. The predicted molar refractivity (Wildman–Crippen MR) is 82.1 cm³/mol. The molecule has 0 fully saturated rings. The molecule has 0 bridgehead atoms. The van der Waals surface area contributed by atoms with Gasteiger partial charge in [0.05, 0.1) is 11.7 Å². The summed E-state index contributed by atoms with van der Waals surface area (Å²) < 4.78 is 1.81. The first-order chi connectivity index (χ1) is 9.63. The third-order valence-corrected chi connectivity index (χ3v) is 3.51. The van der Waals surface area contributed by atoms with E-state index in [9.17, 15) is 0 Å². The maximum Gasteiger partial charge on any atom is 0.0737 e. The van der Waals surface area contributed by atoms with Crippen molar-refractivity contribution in [3.05, 3.63) is 53.4 Å². The van der Waals surface area contributed by atoms with Gasteiger partial charge in [-0.2, -0.15) is 5.10 Å². The lowest BCUT2D eigenvalue weighted by Gasteiger charge is -2.20. The maximum atomic E-state index is 6.02. The lowest BCUT2D eigenvalue weighted by molar-refractivity contribution is 0.766. The van der Waals surface area contributed by atoms with Crippen LogP contribution in [0.1, 0.15) is 5.56 Å². The average molecular weight is 287 g/mol. The fourth-order valence-electron chi connectivity index (χ4n) is 2.35. The molecule has 0 unspecified atom stereocenters. The highest BCUT2D eigenvalue weighted by Gasteiger charge is 2.08. The van der Waals surface area contributed by atoms with Crippen molar-refractivity contribution in [2.24, 2.45) is 7.05 Å². The minimum absolute atomic E-state index is 0.706. The summed E-state index contributed by atoms with van der Waals surface area (Å²) in [6.45, 7) is 0.801. The molecule has 0 atom stereocenters. The van der Waals surface area contributed by atoms with E-state index >= 15 is 0 Å². The SMILES string of the molecule is CN(Cc1cnn(C)c1)c1ccnc2cc(Cl)ccc12. The van der Waals surface area contributed by atoms with Crippen molar-refractivity contribution in [2.45, 2.75) is 6.54 Å². The van der Waals surface area contributed by atoms with Crippen molar-refractivity contribution in [1.29, 1.82) is 0 Å². The lowest BCUT2D eigenvalue weighted by Crippen LogP contribution is -2.16. The molecule has 0 saturated carbocycles. The Kier molecular flexibility index (Phi) is 3.32. The van der Waals surface area contributed by atoms with Gasteiger partial charge in [-0.15, -0.1) is 0 Å². The predicted octanol–water partition coefficient (Wildman–Crippen LogP) is 3.26. The van der Waals surface area contributed by atoms with Crippen molar-refractivity contribution in [3.63, 3.8) is 0 Å². The van der Waals surface area contributed by atoms with Crippen LogP contribution in [0.2, 0.25) is 5.02 Å². The van der Waals surface area contributed by atoms with E-state index in [0.29, 0.717) is 5.02 Å². The van der Waals surface area contributed by atoms with Crippen molar-refractivity contribution in [2.75, 3.05) is 11.9 Å². The number of aromatic nitrogens is 3. The minimum atomic E-state index is 0.706. The summed E-state index contributed by atoms with van der Waals surface area (Å²) in [4.78, 5) is 6.56. The molecule has 0 saturated heterocycles. The highest BCUT2D eigenvalue weighted by molar-refractivity contribution is 6.31. The number of rotatable bonds is 3. The van der Waals surface area contributed by atoms with Crippen LogP contribution in [0.3, 0.4) is 0 Å². The number of hydrogen-bond donors (Lipinski definition) is 0. The normalized spacial score (nSPS) is 10.9. The third kappa shape index (κ3) is 2.47. The molecule has 0 aliphatic heterocycles. The zero-order valence-electron chi connectivity index (χ0n) is 11.4. The average Bonchev–Trinajstić information content (AvgIpc) is 2.83. The largest absolute Gasteiger partial charge is 0.370 e. The number of nitrogens with zero attached hydrogens (tertiary/aromatic N) is 4. The second-order valence-corrected chi connectivity index (χ2v) is 5.31. The van der Waals surface area contributed by atoms with Crippen LogP contribution in [0.25, 0.3) is 10.9 Å². The quantitative estimate of drug-likeness (QED) is 0.741. The van der Waals surface area contributed by atoms with Gasteiger partial charge in [0.2, 0.25) is 0 Å². The molecule has 0 aliphatic rings. The molecule has 3 aromatic rings. The van der Waals surface area contributed by atoms with E-state index in [4.69, 9.17) is 11.6 Å². The van der Waals surface area contributed by atoms with E-state index in [1.54, 1.807) is 0 Å². The Bertz CT molecular complexity index is 750. The number of fused-ring (bicyclic) bond motifs is 1. The third-order valence-electron chi connectivity index (χ3n) is 3.27. The Morgan fingerprint density at radius 3 is 2.90 bits per heavy atom. The fraction of sp³-hybridized carbons (Fsp3) is 0.200. The van der Waals surface area contributed by atoms with E-state index in [1.165, 1.54) is 5.56 Å². The van der Waals surface area contributed by atoms with Gasteiger partial charge in [-0.25, -0.2) is 0 Å². The van der Waals surface area contributed by atoms with Gasteiger partial charge in [0.15, 0.2) is 0 Å².